The molecule has 0 aliphatic carbocycles. The van der Waals surface area contributed by atoms with E-state index in [2.05, 4.69) is 9.80 Å². The highest BCUT2D eigenvalue weighted by Crippen LogP contribution is 2.25. The zero-order valence-corrected chi connectivity index (χ0v) is 15.7. The Labute approximate surface area is 150 Å². The van der Waals surface area contributed by atoms with Gasteiger partial charge < -0.3 is 4.42 Å². The molecular formula is C18H29N3O3S. The van der Waals surface area contributed by atoms with Gasteiger partial charge in [-0.2, -0.15) is 4.31 Å². The van der Waals surface area contributed by atoms with Crippen LogP contribution in [0.1, 0.15) is 44.3 Å². The van der Waals surface area contributed by atoms with E-state index in [1.807, 2.05) is 6.07 Å². The van der Waals surface area contributed by atoms with Gasteiger partial charge in [-0.05, 0) is 70.3 Å². The van der Waals surface area contributed by atoms with Crippen molar-refractivity contribution in [3.8, 4) is 0 Å². The van der Waals surface area contributed by atoms with Crippen molar-refractivity contribution in [2.75, 3.05) is 39.3 Å². The van der Waals surface area contributed by atoms with Gasteiger partial charge in [0, 0.05) is 25.7 Å². The molecule has 1 unspecified atom stereocenters. The molecule has 0 bridgehead atoms. The third-order valence-electron chi connectivity index (χ3n) is 5.81. The fourth-order valence-corrected chi connectivity index (χ4v) is 5.88. The van der Waals surface area contributed by atoms with E-state index in [4.69, 9.17) is 4.42 Å². The van der Waals surface area contributed by atoms with Gasteiger partial charge in [0.1, 0.15) is 5.76 Å². The second kappa shape index (κ2) is 7.39. The number of likely N-dealkylation sites (tertiary alicyclic amines) is 2. The molecule has 0 radical (unpaired) electrons. The summed E-state index contributed by atoms with van der Waals surface area (Å²) in [6.45, 7) is 6.53. The summed E-state index contributed by atoms with van der Waals surface area (Å²) in [4.78, 5) is 5.04. The van der Waals surface area contributed by atoms with Crippen molar-refractivity contribution in [1.82, 2.24) is 14.1 Å². The van der Waals surface area contributed by atoms with Gasteiger partial charge in [0.05, 0.1) is 6.54 Å². The molecule has 1 atom stereocenters. The predicted octanol–water partition coefficient (Wildman–Crippen LogP) is 2.12. The Balaban J connectivity index is 1.39. The van der Waals surface area contributed by atoms with Gasteiger partial charge in [-0.1, -0.05) is 0 Å². The molecule has 25 heavy (non-hydrogen) atoms. The zero-order valence-electron chi connectivity index (χ0n) is 14.9. The number of hydrogen-bond acceptors (Lipinski definition) is 5. The lowest BCUT2D eigenvalue weighted by atomic mass is 10.0. The normalized spacial score (nSPS) is 27.3. The van der Waals surface area contributed by atoms with Crippen LogP contribution in [0.5, 0.6) is 0 Å². The molecule has 7 heteroatoms. The van der Waals surface area contributed by atoms with Crippen molar-refractivity contribution < 1.29 is 12.8 Å². The van der Waals surface area contributed by atoms with Gasteiger partial charge in [-0.3, -0.25) is 9.80 Å². The summed E-state index contributed by atoms with van der Waals surface area (Å²) in [7, 11) is -3.44. The largest absolute Gasteiger partial charge is 0.447 e. The summed E-state index contributed by atoms with van der Waals surface area (Å²) >= 11 is 0. The molecule has 0 N–H and O–H groups in total. The van der Waals surface area contributed by atoms with Crippen molar-refractivity contribution in [3.63, 3.8) is 0 Å². The highest BCUT2D eigenvalue weighted by molar-refractivity contribution is 7.89. The fraction of sp³-hybridized carbons (Fsp3) is 0.778. The topological polar surface area (TPSA) is 57.0 Å². The minimum atomic E-state index is -3.44. The van der Waals surface area contributed by atoms with Crippen LogP contribution in [0.25, 0.3) is 0 Å². The van der Waals surface area contributed by atoms with Crippen LogP contribution in [0, 0.1) is 0 Å². The lowest BCUT2D eigenvalue weighted by Crippen LogP contribution is -2.46. The molecule has 0 saturated carbocycles. The summed E-state index contributed by atoms with van der Waals surface area (Å²) < 4.78 is 32.4. The van der Waals surface area contributed by atoms with E-state index in [-0.39, 0.29) is 5.09 Å². The maximum Gasteiger partial charge on any atom is 0.276 e. The van der Waals surface area contributed by atoms with E-state index in [0.29, 0.717) is 25.7 Å². The van der Waals surface area contributed by atoms with Crippen molar-refractivity contribution in [2.45, 2.75) is 56.2 Å². The number of furan rings is 1. The minimum absolute atomic E-state index is 0.109. The molecule has 3 aliphatic heterocycles. The molecule has 3 aliphatic rings. The summed E-state index contributed by atoms with van der Waals surface area (Å²) in [5.74, 6) is 0.764. The molecule has 3 fully saturated rings. The molecule has 0 spiro atoms. The first-order valence-corrected chi connectivity index (χ1v) is 11.1. The maximum atomic E-state index is 12.6. The van der Waals surface area contributed by atoms with Gasteiger partial charge in [0.15, 0.2) is 0 Å². The molecule has 1 aromatic heterocycles. The van der Waals surface area contributed by atoms with Gasteiger partial charge in [-0.15, -0.1) is 0 Å². The van der Waals surface area contributed by atoms with E-state index in [1.54, 1.807) is 10.4 Å². The lowest BCUT2D eigenvalue weighted by molar-refractivity contribution is 0.104. The van der Waals surface area contributed by atoms with Gasteiger partial charge >= 0.3 is 0 Å². The molecule has 0 amide bonds. The van der Waals surface area contributed by atoms with Crippen molar-refractivity contribution in [2.24, 2.45) is 0 Å². The lowest BCUT2D eigenvalue weighted by Gasteiger charge is -2.37. The minimum Gasteiger partial charge on any atom is -0.447 e. The Kier molecular flexibility index (Phi) is 5.18. The van der Waals surface area contributed by atoms with Crippen LogP contribution < -0.4 is 0 Å². The van der Waals surface area contributed by atoms with Crippen molar-refractivity contribution in [1.29, 1.82) is 0 Å². The number of hydrogen-bond donors (Lipinski definition) is 0. The van der Waals surface area contributed by atoms with Gasteiger partial charge in [0.2, 0.25) is 5.09 Å². The third kappa shape index (κ3) is 3.79. The number of piperidine rings is 1. The Bertz CT molecular complexity index is 675. The fourth-order valence-electron chi connectivity index (χ4n) is 4.44. The molecule has 140 valence electrons. The van der Waals surface area contributed by atoms with Crippen LogP contribution in [0.2, 0.25) is 0 Å². The van der Waals surface area contributed by atoms with Crippen LogP contribution in [0.3, 0.4) is 0 Å². The highest BCUT2D eigenvalue weighted by Gasteiger charge is 2.31. The second-order valence-corrected chi connectivity index (χ2v) is 9.48. The van der Waals surface area contributed by atoms with Crippen LogP contribution in [0.15, 0.2) is 21.6 Å². The van der Waals surface area contributed by atoms with Crippen LogP contribution in [-0.2, 0) is 16.6 Å². The van der Waals surface area contributed by atoms with E-state index < -0.39 is 10.0 Å². The molecule has 3 saturated heterocycles. The Morgan fingerprint density at radius 3 is 2.44 bits per heavy atom. The Hall–Kier alpha value is -0.890. The summed E-state index contributed by atoms with van der Waals surface area (Å²) in [5.41, 5.74) is 0. The first-order chi connectivity index (χ1) is 12.1. The SMILES string of the molecule is O=S(=O)(c1ccc(CN2CCCC(N3CCCC3)C2)o1)N1CCCC1. The third-order valence-corrected chi connectivity index (χ3v) is 7.59. The molecule has 6 nitrogen and oxygen atoms in total. The van der Waals surface area contributed by atoms with Crippen LogP contribution in [0.4, 0.5) is 0 Å². The predicted molar refractivity (Wildman–Crippen MR) is 95.8 cm³/mol. The monoisotopic (exact) mass is 367 g/mol. The van der Waals surface area contributed by atoms with E-state index in [1.165, 1.54) is 38.8 Å². The average molecular weight is 368 g/mol. The smallest absolute Gasteiger partial charge is 0.276 e. The summed E-state index contributed by atoms with van der Waals surface area (Å²) in [6.07, 6.45) is 7.03. The van der Waals surface area contributed by atoms with E-state index in [0.717, 1.165) is 31.7 Å². The maximum absolute atomic E-state index is 12.6. The Morgan fingerprint density at radius 2 is 1.68 bits per heavy atom. The first-order valence-electron chi connectivity index (χ1n) is 9.68. The standard InChI is InChI=1S/C18H29N3O3S/c22-25(23,21-12-3-4-13-21)18-8-7-17(24-18)15-19-9-5-6-16(14-19)20-10-1-2-11-20/h7-8,16H,1-6,9-15H2. The summed E-state index contributed by atoms with van der Waals surface area (Å²) in [6, 6.07) is 4.12. The molecule has 0 aromatic carbocycles. The molecule has 4 heterocycles. The van der Waals surface area contributed by atoms with Crippen molar-refractivity contribution in [3.05, 3.63) is 17.9 Å². The zero-order chi connectivity index (χ0) is 17.3. The van der Waals surface area contributed by atoms with Crippen LogP contribution in [-0.4, -0.2) is 67.8 Å². The summed E-state index contributed by atoms with van der Waals surface area (Å²) in [5, 5.41) is 0.109. The van der Waals surface area contributed by atoms with Gasteiger partial charge in [-0.25, -0.2) is 8.42 Å². The van der Waals surface area contributed by atoms with E-state index >= 15 is 0 Å². The Morgan fingerprint density at radius 1 is 0.960 bits per heavy atom. The molecular weight excluding hydrogens is 338 g/mol. The average Bonchev–Trinajstić information content (AvgIpc) is 3.36. The van der Waals surface area contributed by atoms with Crippen molar-refractivity contribution >= 4 is 10.0 Å². The van der Waals surface area contributed by atoms with Crippen LogP contribution >= 0.6 is 0 Å². The quantitative estimate of drug-likeness (QED) is 0.798. The second-order valence-electron chi connectivity index (χ2n) is 7.61. The number of rotatable bonds is 5. The highest BCUT2D eigenvalue weighted by atomic mass is 32.2. The first kappa shape index (κ1) is 17.5. The van der Waals surface area contributed by atoms with E-state index in [9.17, 15) is 8.42 Å². The molecule has 1 aromatic rings. The number of sulfonamides is 1. The molecule has 4 rings (SSSR count). The number of nitrogens with zero attached hydrogens (tertiary/aromatic N) is 3. The van der Waals surface area contributed by atoms with Gasteiger partial charge in [0.25, 0.3) is 10.0 Å².